The SMILES string of the molecule is CC(C)(C)c1ncc(N)s1. The van der Waals surface area contributed by atoms with Crippen LogP contribution in [0.2, 0.25) is 0 Å². The summed E-state index contributed by atoms with van der Waals surface area (Å²) < 4.78 is 0. The molecule has 0 aliphatic carbocycles. The van der Waals surface area contributed by atoms with Crippen LogP contribution in [0, 0.1) is 0 Å². The summed E-state index contributed by atoms with van der Waals surface area (Å²) in [5.74, 6) is 0. The van der Waals surface area contributed by atoms with Crippen LogP contribution < -0.4 is 5.73 Å². The van der Waals surface area contributed by atoms with Gasteiger partial charge in [0.05, 0.1) is 11.2 Å². The van der Waals surface area contributed by atoms with Crippen LogP contribution in [-0.2, 0) is 5.41 Å². The Balaban J connectivity index is 2.96. The molecule has 0 bridgehead atoms. The van der Waals surface area contributed by atoms with Gasteiger partial charge in [-0.25, -0.2) is 4.98 Å². The van der Waals surface area contributed by atoms with E-state index in [0.29, 0.717) is 0 Å². The predicted molar refractivity (Wildman–Crippen MR) is 45.2 cm³/mol. The van der Waals surface area contributed by atoms with Gasteiger partial charge in [-0.1, -0.05) is 20.8 Å². The molecule has 1 rings (SSSR count). The zero-order valence-corrected chi connectivity index (χ0v) is 7.33. The normalized spacial score (nSPS) is 11.9. The zero-order valence-electron chi connectivity index (χ0n) is 6.51. The zero-order chi connectivity index (χ0) is 7.78. The van der Waals surface area contributed by atoms with Gasteiger partial charge in [-0.2, -0.15) is 0 Å². The van der Waals surface area contributed by atoms with Crippen molar-refractivity contribution >= 4 is 16.3 Å². The molecule has 0 fully saturated rings. The van der Waals surface area contributed by atoms with E-state index in [1.165, 1.54) is 0 Å². The Hall–Kier alpha value is -0.570. The van der Waals surface area contributed by atoms with Crippen molar-refractivity contribution in [3.8, 4) is 0 Å². The molecule has 0 unspecified atom stereocenters. The Kier molecular flexibility index (Phi) is 1.68. The number of hydrogen-bond acceptors (Lipinski definition) is 3. The van der Waals surface area contributed by atoms with Gasteiger partial charge in [-0.3, -0.25) is 0 Å². The standard InChI is InChI=1S/C7H12N2S/c1-7(2,3)6-9-4-5(8)10-6/h4H,8H2,1-3H3. The highest BCUT2D eigenvalue weighted by atomic mass is 32.1. The molecule has 2 nitrogen and oxygen atoms in total. The Morgan fingerprint density at radius 3 is 2.30 bits per heavy atom. The maximum atomic E-state index is 5.53. The summed E-state index contributed by atoms with van der Waals surface area (Å²) in [4.78, 5) is 4.18. The molecule has 1 heterocycles. The fourth-order valence-electron chi connectivity index (χ4n) is 0.633. The molecule has 0 amide bonds. The summed E-state index contributed by atoms with van der Waals surface area (Å²) in [5.41, 5.74) is 5.67. The molecule has 1 aromatic rings. The van der Waals surface area contributed by atoms with E-state index in [4.69, 9.17) is 5.73 Å². The fraction of sp³-hybridized carbons (Fsp3) is 0.571. The number of nitrogen functional groups attached to an aromatic ring is 1. The van der Waals surface area contributed by atoms with Gasteiger partial charge >= 0.3 is 0 Å². The monoisotopic (exact) mass is 156 g/mol. The molecular formula is C7H12N2S. The quantitative estimate of drug-likeness (QED) is 0.624. The lowest BCUT2D eigenvalue weighted by atomic mass is 9.98. The van der Waals surface area contributed by atoms with E-state index in [1.807, 2.05) is 0 Å². The van der Waals surface area contributed by atoms with Crippen molar-refractivity contribution in [1.82, 2.24) is 4.98 Å². The molecule has 0 aliphatic rings. The van der Waals surface area contributed by atoms with Crippen LogP contribution in [0.25, 0.3) is 0 Å². The van der Waals surface area contributed by atoms with Gasteiger partial charge in [0, 0.05) is 5.41 Å². The van der Waals surface area contributed by atoms with E-state index in [-0.39, 0.29) is 5.41 Å². The number of thiazole rings is 1. The van der Waals surface area contributed by atoms with Crippen molar-refractivity contribution in [3.05, 3.63) is 11.2 Å². The maximum Gasteiger partial charge on any atom is 0.106 e. The lowest BCUT2D eigenvalue weighted by molar-refractivity contribution is 0.585. The van der Waals surface area contributed by atoms with E-state index in [9.17, 15) is 0 Å². The molecule has 0 aliphatic heterocycles. The summed E-state index contributed by atoms with van der Waals surface area (Å²) in [6, 6.07) is 0. The third kappa shape index (κ3) is 1.48. The number of hydrogen-bond donors (Lipinski definition) is 1. The number of anilines is 1. The smallest absolute Gasteiger partial charge is 0.106 e. The largest absolute Gasteiger partial charge is 0.389 e. The molecule has 0 saturated heterocycles. The highest BCUT2D eigenvalue weighted by Crippen LogP contribution is 2.27. The maximum absolute atomic E-state index is 5.53. The lowest BCUT2D eigenvalue weighted by Gasteiger charge is -2.13. The van der Waals surface area contributed by atoms with Crippen LogP contribution in [-0.4, -0.2) is 4.98 Å². The first-order valence-electron chi connectivity index (χ1n) is 3.22. The van der Waals surface area contributed by atoms with E-state index in [0.717, 1.165) is 10.0 Å². The van der Waals surface area contributed by atoms with Crippen LogP contribution in [0.3, 0.4) is 0 Å². The summed E-state index contributed by atoms with van der Waals surface area (Å²) in [6.07, 6.45) is 1.71. The van der Waals surface area contributed by atoms with Gasteiger partial charge in [0.25, 0.3) is 0 Å². The number of aromatic nitrogens is 1. The van der Waals surface area contributed by atoms with Crippen molar-refractivity contribution < 1.29 is 0 Å². The highest BCUT2D eigenvalue weighted by molar-refractivity contribution is 7.15. The topological polar surface area (TPSA) is 38.9 Å². The molecule has 0 saturated carbocycles. The third-order valence-electron chi connectivity index (χ3n) is 1.17. The second-order valence-electron chi connectivity index (χ2n) is 3.32. The average Bonchev–Trinajstić information content (AvgIpc) is 2.11. The van der Waals surface area contributed by atoms with Crippen molar-refractivity contribution in [3.63, 3.8) is 0 Å². The molecule has 0 aromatic carbocycles. The molecule has 0 radical (unpaired) electrons. The van der Waals surface area contributed by atoms with Crippen LogP contribution >= 0.6 is 11.3 Å². The molecule has 0 spiro atoms. The van der Waals surface area contributed by atoms with Crippen molar-refractivity contribution in [1.29, 1.82) is 0 Å². The summed E-state index contributed by atoms with van der Waals surface area (Å²) in [5, 5.41) is 1.90. The number of nitrogens with two attached hydrogens (primary N) is 1. The van der Waals surface area contributed by atoms with Crippen LogP contribution in [0.4, 0.5) is 5.00 Å². The summed E-state index contributed by atoms with van der Waals surface area (Å²) >= 11 is 1.56. The Morgan fingerprint density at radius 1 is 1.50 bits per heavy atom. The molecule has 0 atom stereocenters. The average molecular weight is 156 g/mol. The highest BCUT2D eigenvalue weighted by Gasteiger charge is 2.16. The first kappa shape index (κ1) is 7.54. The molecule has 1 aromatic heterocycles. The molecule has 2 N–H and O–H groups in total. The van der Waals surface area contributed by atoms with E-state index < -0.39 is 0 Å². The molecular weight excluding hydrogens is 144 g/mol. The van der Waals surface area contributed by atoms with E-state index in [1.54, 1.807) is 17.5 Å². The number of nitrogens with zero attached hydrogens (tertiary/aromatic N) is 1. The van der Waals surface area contributed by atoms with Gasteiger partial charge in [0.2, 0.25) is 0 Å². The van der Waals surface area contributed by atoms with Gasteiger partial charge in [0.15, 0.2) is 0 Å². The first-order chi connectivity index (χ1) is 4.50. The van der Waals surface area contributed by atoms with Crippen molar-refractivity contribution in [2.75, 3.05) is 5.73 Å². The predicted octanol–water partition coefficient (Wildman–Crippen LogP) is 2.02. The molecule has 10 heavy (non-hydrogen) atoms. The Morgan fingerprint density at radius 2 is 2.10 bits per heavy atom. The third-order valence-corrected chi connectivity index (χ3v) is 2.42. The van der Waals surface area contributed by atoms with Gasteiger partial charge in [-0.05, 0) is 0 Å². The van der Waals surface area contributed by atoms with Crippen molar-refractivity contribution in [2.45, 2.75) is 26.2 Å². The minimum Gasteiger partial charge on any atom is -0.389 e. The second-order valence-corrected chi connectivity index (χ2v) is 4.38. The number of rotatable bonds is 0. The van der Waals surface area contributed by atoms with Gasteiger partial charge < -0.3 is 5.73 Å². The van der Waals surface area contributed by atoms with E-state index >= 15 is 0 Å². The van der Waals surface area contributed by atoms with Crippen LogP contribution in [0.5, 0.6) is 0 Å². The second kappa shape index (κ2) is 2.23. The minimum atomic E-state index is 0.141. The summed E-state index contributed by atoms with van der Waals surface area (Å²) in [7, 11) is 0. The summed E-state index contributed by atoms with van der Waals surface area (Å²) in [6.45, 7) is 6.39. The molecule has 3 heteroatoms. The van der Waals surface area contributed by atoms with Crippen LogP contribution in [0.1, 0.15) is 25.8 Å². The Bertz CT molecular complexity index is 222. The van der Waals surface area contributed by atoms with Crippen molar-refractivity contribution in [2.24, 2.45) is 0 Å². The lowest BCUT2D eigenvalue weighted by Crippen LogP contribution is -2.09. The van der Waals surface area contributed by atoms with Gasteiger partial charge in [-0.15, -0.1) is 11.3 Å². The van der Waals surface area contributed by atoms with Crippen LogP contribution in [0.15, 0.2) is 6.20 Å². The molecule has 56 valence electrons. The first-order valence-corrected chi connectivity index (χ1v) is 4.03. The fourth-order valence-corrected chi connectivity index (χ4v) is 1.37. The Labute approximate surface area is 65.1 Å². The van der Waals surface area contributed by atoms with Gasteiger partial charge in [0.1, 0.15) is 5.00 Å². The van der Waals surface area contributed by atoms with E-state index in [2.05, 4.69) is 25.8 Å². The minimum absolute atomic E-state index is 0.141.